The first-order chi connectivity index (χ1) is 17.1. The van der Waals surface area contributed by atoms with Gasteiger partial charge < -0.3 is 4.57 Å². The van der Waals surface area contributed by atoms with Crippen molar-refractivity contribution in [3.8, 4) is 0 Å². The van der Waals surface area contributed by atoms with Gasteiger partial charge in [0, 0.05) is 28.9 Å². The van der Waals surface area contributed by atoms with Crippen LogP contribution in [-0.2, 0) is 13.5 Å². The molecular formula is C34H33N. The van der Waals surface area contributed by atoms with Crippen molar-refractivity contribution in [3.63, 3.8) is 0 Å². The predicted octanol–water partition coefficient (Wildman–Crippen LogP) is 9.22. The van der Waals surface area contributed by atoms with Gasteiger partial charge in [-0.1, -0.05) is 116 Å². The van der Waals surface area contributed by atoms with E-state index >= 15 is 0 Å². The van der Waals surface area contributed by atoms with E-state index in [4.69, 9.17) is 0 Å². The Hall–Kier alpha value is -3.84. The largest absolute Gasteiger partial charge is 0.344 e. The van der Waals surface area contributed by atoms with Gasteiger partial charge in [-0.05, 0) is 59.7 Å². The third-order valence-electron chi connectivity index (χ3n) is 7.14. The standard InChI is InChI=1S/C27H25N.C7H8/c1-19(12-13-20-8-4-3-5-9-20)22-14-16-24-26(18-22)28(2)25-17-15-21-10-6-7-11-23(21)27(24)25;1-7-5-3-2-4-6-7/h3-11,14-19H,12-13H2,1-2H3;2-6H,1H3. The first kappa shape index (κ1) is 22.9. The minimum Gasteiger partial charge on any atom is -0.344 e. The van der Waals surface area contributed by atoms with Crippen LogP contribution in [0.25, 0.3) is 32.6 Å². The molecule has 1 unspecified atom stereocenters. The summed E-state index contributed by atoms with van der Waals surface area (Å²) in [6.07, 6.45) is 2.29. The Bertz CT molecular complexity index is 1560. The number of fused-ring (bicyclic) bond motifs is 5. The molecule has 0 bridgehead atoms. The molecule has 1 aromatic heterocycles. The molecule has 1 heterocycles. The molecule has 0 fully saturated rings. The zero-order valence-electron chi connectivity index (χ0n) is 20.9. The minimum atomic E-state index is 0.541. The molecule has 174 valence electrons. The van der Waals surface area contributed by atoms with Gasteiger partial charge >= 0.3 is 0 Å². The molecule has 6 aromatic rings. The Morgan fingerprint density at radius 3 is 2.06 bits per heavy atom. The van der Waals surface area contributed by atoms with E-state index in [1.54, 1.807) is 0 Å². The maximum absolute atomic E-state index is 2.40. The van der Waals surface area contributed by atoms with Crippen LogP contribution in [0.4, 0.5) is 0 Å². The van der Waals surface area contributed by atoms with Gasteiger partial charge in [0.2, 0.25) is 0 Å². The van der Waals surface area contributed by atoms with E-state index in [1.165, 1.54) is 55.7 Å². The van der Waals surface area contributed by atoms with Gasteiger partial charge in [-0.2, -0.15) is 0 Å². The van der Waals surface area contributed by atoms with Crippen LogP contribution in [0.3, 0.4) is 0 Å². The third kappa shape index (κ3) is 4.86. The molecule has 0 aliphatic rings. The number of rotatable bonds is 4. The molecule has 5 aromatic carbocycles. The molecule has 0 aliphatic heterocycles. The average Bonchev–Trinajstić information content (AvgIpc) is 3.20. The molecule has 1 nitrogen and oxygen atoms in total. The second kappa shape index (κ2) is 10.2. The van der Waals surface area contributed by atoms with Crippen molar-refractivity contribution >= 4 is 32.6 Å². The second-order valence-electron chi connectivity index (χ2n) is 9.60. The lowest BCUT2D eigenvalue weighted by Crippen LogP contribution is -1.97. The van der Waals surface area contributed by atoms with Crippen LogP contribution in [0.2, 0.25) is 0 Å². The molecular weight excluding hydrogens is 422 g/mol. The molecule has 6 rings (SSSR count). The quantitative estimate of drug-likeness (QED) is 0.250. The van der Waals surface area contributed by atoms with Gasteiger partial charge in [0.05, 0.1) is 0 Å². The molecule has 0 N–H and O–H groups in total. The normalized spacial score (nSPS) is 12.0. The molecule has 0 amide bonds. The van der Waals surface area contributed by atoms with Crippen LogP contribution in [0.1, 0.15) is 36.0 Å². The Labute approximate surface area is 208 Å². The van der Waals surface area contributed by atoms with E-state index < -0.39 is 0 Å². The fraction of sp³-hybridized carbons (Fsp3) is 0.176. The van der Waals surface area contributed by atoms with Crippen LogP contribution in [0, 0.1) is 6.92 Å². The summed E-state index contributed by atoms with van der Waals surface area (Å²) in [5.41, 5.74) is 6.81. The summed E-state index contributed by atoms with van der Waals surface area (Å²) in [7, 11) is 2.19. The van der Waals surface area contributed by atoms with Crippen LogP contribution >= 0.6 is 0 Å². The summed E-state index contributed by atoms with van der Waals surface area (Å²) in [6, 6.07) is 41.3. The molecule has 35 heavy (non-hydrogen) atoms. The smallest absolute Gasteiger partial charge is 0.0495 e. The van der Waals surface area contributed by atoms with Crippen LogP contribution in [0.15, 0.2) is 115 Å². The lowest BCUT2D eigenvalue weighted by atomic mass is 9.93. The fourth-order valence-corrected chi connectivity index (χ4v) is 5.03. The molecule has 0 saturated carbocycles. The maximum atomic E-state index is 2.40. The molecule has 0 spiro atoms. The van der Waals surface area contributed by atoms with Crippen molar-refractivity contribution in [3.05, 3.63) is 132 Å². The van der Waals surface area contributed by atoms with E-state index in [2.05, 4.69) is 123 Å². The monoisotopic (exact) mass is 455 g/mol. The first-order valence-corrected chi connectivity index (χ1v) is 12.6. The maximum Gasteiger partial charge on any atom is 0.0495 e. The summed E-state index contributed by atoms with van der Waals surface area (Å²) in [5, 5.41) is 5.38. The van der Waals surface area contributed by atoms with Crippen molar-refractivity contribution in [1.29, 1.82) is 0 Å². The molecule has 0 aliphatic carbocycles. The SMILES string of the molecule is CC(CCc1ccccc1)c1ccc2c3c4ccccc4ccc3n(C)c2c1.Cc1ccccc1. The Kier molecular flexibility index (Phi) is 6.68. The van der Waals surface area contributed by atoms with Crippen molar-refractivity contribution < 1.29 is 0 Å². The topological polar surface area (TPSA) is 4.93 Å². The van der Waals surface area contributed by atoms with Crippen molar-refractivity contribution in [2.24, 2.45) is 7.05 Å². The van der Waals surface area contributed by atoms with E-state index in [9.17, 15) is 0 Å². The first-order valence-electron chi connectivity index (χ1n) is 12.6. The highest BCUT2D eigenvalue weighted by Gasteiger charge is 2.14. The molecule has 0 radical (unpaired) electrons. The van der Waals surface area contributed by atoms with Crippen molar-refractivity contribution in [1.82, 2.24) is 4.57 Å². The second-order valence-corrected chi connectivity index (χ2v) is 9.60. The summed E-state index contributed by atoms with van der Waals surface area (Å²) in [4.78, 5) is 0. The van der Waals surface area contributed by atoms with Crippen molar-refractivity contribution in [2.75, 3.05) is 0 Å². The van der Waals surface area contributed by atoms with Gasteiger partial charge in [0.25, 0.3) is 0 Å². The zero-order valence-corrected chi connectivity index (χ0v) is 20.9. The molecule has 1 heteroatoms. The number of hydrogen-bond donors (Lipinski definition) is 0. The van der Waals surface area contributed by atoms with E-state index in [-0.39, 0.29) is 0 Å². The Morgan fingerprint density at radius 2 is 1.34 bits per heavy atom. The summed E-state index contributed by atoms with van der Waals surface area (Å²) < 4.78 is 2.35. The third-order valence-corrected chi connectivity index (χ3v) is 7.14. The molecule has 0 saturated heterocycles. The number of benzene rings is 5. The van der Waals surface area contributed by atoms with E-state index in [0.717, 1.165) is 6.42 Å². The van der Waals surface area contributed by atoms with Gasteiger partial charge in [-0.25, -0.2) is 0 Å². The predicted molar refractivity (Wildman–Crippen MR) is 152 cm³/mol. The lowest BCUT2D eigenvalue weighted by Gasteiger charge is -2.12. The van der Waals surface area contributed by atoms with Gasteiger partial charge in [-0.15, -0.1) is 0 Å². The van der Waals surface area contributed by atoms with E-state index in [0.29, 0.717) is 5.92 Å². The highest BCUT2D eigenvalue weighted by molar-refractivity contribution is 6.20. The highest BCUT2D eigenvalue weighted by atomic mass is 14.9. The minimum absolute atomic E-state index is 0.541. The van der Waals surface area contributed by atoms with Gasteiger partial charge in [-0.3, -0.25) is 0 Å². The van der Waals surface area contributed by atoms with Crippen molar-refractivity contribution in [2.45, 2.75) is 32.6 Å². The number of aromatic nitrogens is 1. The van der Waals surface area contributed by atoms with Gasteiger partial charge in [0.15, 0.2) is 0 Å². The number of aryl methyl sites for hydroxylation is 3. The fourth-order valence-electron chi connectivity index (χ4n) is 5.03. The summed E-state index contributed by atoms with van der Waals surface area (Å²) in [6.45, 7) is 4.43. The average molecular weight is 456 g/mol. The zero-order chi connectivity index (χ0) is 24.2. The van der Waals surface area contributed by atoms with E-state index in [1.807, 2.05) is 18.2 Å². The Balaban J connectivity index is 0.000000313. The van der Waals surface area contributed by atoms with Crippen LogP contribution in [0.5, 0.6) is 0 Å². The lowest BCUT2D eigenvalue weighted by molar-refractivity contribution is 0.680. The Morgan fingerprint density at radius 1 is 0.657 bits per heavy atom. The summed E-state index contributed by atoms with van der Waals surface area (Å²) in [5.74, 6) is 0.541. The number of nitrogens with zero attached hydrogens (tertiary/aromatic N) is 1. The van der Waals surface area contributed by atoms with Gasteiger partial charge in [0.1, 0.15) is 0 Å². The summed E-state index contributed by atoms with van der Waals surface area (Å²) >= 11 is 0. The number of hydrogen-bond acceptors (Lipinski definition) is 0. The van der Waals surface area contributed by atoms with Crippen LogP contribution < -0.4 is 0 Å². The van der Waals surface area contributed by atoms with Crippen LogP contribution in [-0.4, -0.2) is 4.57 Å². The highest BCUT2D eigenvalue weighted by Crippen LogP contribution is 2.35. The molecule has 1 atom stereocenters.